The smallest absolute Gasteiger partial charge is 0.308 e. The van der Waals surface area contributed by atoms with Crippen molar-refractivity contribution in [1.82, 2.24) is 0 Å². The standard InChI is InChI=1S/C20H12Br10O4/c21-11-7-5-9(15(23)17(11)25)19(27,28)33-13(31)3-1-2-4-14(32)34-20(29,30)10-6-8-12(22)18(26)16(10)24/h5-8H,1-4H2. The van der Waals surface area contributed by atoms with Crippen molar-refractivity contribution in [3.8, 4) is 0 Å². The summed E-state index contributed by atoms with van der Waals surface area (Å²) in [6.45, 7) is 0. The number of hydrogen-bond acceptors (Lipinski definition) is 4. The second-order valence-electron chi connectivity index (χ2n) is 6.63. The Balaban J connectivity index is 1.86. The van der Waals surface area contributed by atoms with Crippen molar-refractivity contribution in [2.45, 2.75) is 32.5 Å². The molecule has 0 aliphatic carbocycles. The molecule has 0 saturated heterocycles. The summed E-state index contributed by atoms with van der Waals surface area (Å²) in [7, 11) is 0. The van der Waals surface area contributed by atoms with Gasteiger partial charge in [-0.05, 0) is 184 Å². The van der Waals surface area contributed by atoms with Gasteiger partial charge in [-0.2, -0.15) is 0 Å². The number of esters is 2. The summed E-state index contributed by atoms with van der Waals surface area (Å²) >= 11 is 34.4. The number of alkyl halides is 4. The van der Waals surface area contributed by atoms with Crippen LogP contribution in [-0.4, -0.2) is 11.9 Å². The van der Waals surface area contributed by atoms with Gasteiger partial charge < -0.3 is 9.47 Å². The quantitative estimate of drug-likeness (QED) is 0.109. The van der Waals surface area contributed by atoms with Crippen LogP contribution in [0.15, 0.2) is 51.1 Å². The summed E-state index contributed by atoms with van der Waals surface area (Å²) < 4.78 is 13.5. The Bertz CT molecular complexity index is 1000. The van der Waals surface area contributed by atoms with Crippen molar-refractivity contribution in [2.24, 2.45) is 0 Å². The number of carbonyl (C=O) groups is 2. The molecule has 14 heteroatoms. The van der Waals surface area contributed by atoms with Crippen LogP contribution in [0.4, 0.5) is 0 Å². The van der Waals surface area contributed by atoms with Crippen molar-refractivity contribution in [3.63, 3.8) is 0 Å². The highest BCUT2D eigenvalue weighted by atomic mass is 79.9. The van der Waals surface area contributed by atoms with Gasteiger partial charge in [0.05, 0.1) is 0 Å². The molecule has 0 spiro atoms. The van der Waals surface area contributed by atoms with Gasteiger partial charge in [0.1, 0.15) is 0 Å². The Morgan fingerprint density at radius 2 is 0.912 bits per heavy atom. The molecular formula is C20H12Br10O4. The van der Waals surface area contributed by atoms with E-state index in [1.54, 1.807) is 12.1 Å². The molecule has 186 valence electrons. The molecule has 0 unspecified atom stereocenters. The molecule has 0 saturated carbocycles. The molecule has 2 aromatic carbocycles. The van der Waals surface area contributed by atoms with Gasteiger partial charge in [-0.1, -0.05) is 12.1 Å². The molecule has 0 bridgehead atoms. The van der Waals surface area contributed by atoms with Crippen LogP contribution in [-0.2, 0) is 25.9 Å². The molecule has 2 aromatic rings. The van der Waals surface area contributed by atoms with Crippen molar-refractivity contribution in [2.75, 3.05) is 0 Å². The second kappa shape index (κ2) is 14.0. The molecule has 4 nitrogen and oxygen atoms in total. The molecule has 0 aromatic heterocycles. The largest absolute Gasteiger partial charge is 0.433 e. The molecule has 0 aliphatic heterocycles. The molecule has 0 aliphatic rings. The van der Waals surface area contributed by atoms with Crippen LogP contribution in [0.25, 0.3) is 0 Å². The van der Waals surface area contributed by atoms with E-state index in [2.05, 4.69) is 159 Å². The molecule has 34 heavy (non-hydrogen) atoms. The third kappa shape index (κ3) is 8.86. The van der Waals surface area contributed by atoms with E-state index >= 15 is 0 Å². The average Bonchev–Trinajstić information content (AvgIpc) is 2.72. The summed E-state index contributed by atoms with van der Waals surface area (Å²) in [5, 5.41) is 0. The van der Waals surface area contributed by atoms with Crippen LogP contribution < -0.4 is 0 Å². The van der Waals surface area contributed by atoms with E-state index in [1.807, 2.05) is 12.1 Å². The van der Waals surface area contributed by atoms with Crippen LogP contribution in [0.1, 0.15) is 36.8 Å². The number of carbonyl (C=O) groups excluding carboxylic acids is 2. The summed E-state index contributed by atoms with van der Waals surface area (Å²) in [6, 6.07) is 7.28. The van der Waals surface area contributed by atoms with Gasteiger partial charge in [0.2, 0.25) is 6.84 Å². The summed E-state index contributed by atoms with van der Waals surface area (Å²) in [6.07, 6.45) is 1.20. The third-order valence-electron chi connectivity index (χ3n) is 4.19. The van der Waals surface area contributed by atoms with E-state index in [4.69, 9.17) is 9.47 Å². The second-order valence-corrected chi connectivity index (χ2v) is 18.1. The van der Waals surface area contributed by atoms with E-state index < -0.39 is 18.8 Å². The van der Waals surface area contributed by atoms with Gasteiger partial charge in [0, 0.05) is 50.8 Å². The highest BCUT2D eigenvalue weighted by Crippen LogP contribution is 2.48. The lowest BCUT2D eigenvalue weighted by Gasteiger charge is -2.24. The normalized spacial score (nSPS) is 11.9. The van der Waals surface area contributed by atoms with E-state index in [9.17, 15) is 9.59 Å². The van der Waals surface area contributed by atoms with Crippen molar-refractivity contribution < 1.29 is 19.1 Å². The highest BCUT2D eigenvalue weighted by molar-refractivity contribution is 9.25. The predicted molar refractivity (Wildman–Crippen MR) is 169 cm³/mol. The van der Waals surface area contributed by atoms with E-state index in [-0.39, 0.29) is 12.8 Å². The lowest BCUT2D eigenvalue weighted by atomic mass is 10.2. The van der Waals surface area contributed by atoms with Gasteiger partial charge in [-0.3, -0.25) is 9.59 Å². The topological polar surface area (TPSA) is 52.6 Å². The van der Waals surface area contributed by atoms with Crippen molar-refractivity contribution in [1.29, 1.82) is 0 Å². The van der Waals surface area contributed by atoms with Crippen molar-refractivity contribution in [3.05, 3.63) is 62.2 Å². The molecule has 2 rings (SSSR count). The first-order chi connectivity index (χ1) is 15.7. The molecular weight excluding hydrogens is 1100 g/mol. The lowest BCUT2D eigenvalue weighted by Crippen LogP contribution is -2.21. The maximum atomic E-state index is 12.4. The molecule has 0 fully saturated rings. The molecule has 0 radical (unpaired) electrons. The monoisotopic (exact) mass is 1110 g/mol. The summed E-state index contributed by atoms with van der Waals surface area (Å²) in [4.78, 5) is 24.8. The van der Waals surface area contributed by atoms with Gasteiger partial charge in [0.15, 0.2) is 0 Å². The average molecular weight is 1120 g/mol. The fourth-order valence-electron chi connectivity index (χ4n) is 2.54. The van der Waals surface area contributed by atoms with Crippen LogP contribution in [0.5, 0.6) is 0 Å². The van der Waals surface area contributed by atoms with E-state index in [1.165, 1.54) is 0 Å². The van der Waals surface area contributed by atoms with Gasteiger partial charge in [-0.25, -0.2) is 0 Å². The Morgan fingerprint density at radius 3 is 1.24 bits per heavy atom. The zero-order chi connectivity index (χ0) is 25.8. The third-order valence-corrected chi connectivity index (χ3v) is 13.3. The Labute approximate surface area is 281 Å². The van der Waals surface area contributed by atoms with Crippen LogP contribution in [0, 0.1) is 0 Å². The summed E-state index contributed by atoms with van der Waals surface area (Å²) in [5.41, 5.74) is 1.35. The number of rotatable bonds is 9. The first kappa shape index (κ1) is 32.4. The predicted octanol–water partition coefficient (Wildman–Crippen LogP) is 11.4. The SMILES string of the molecule is O=C(CCCCC(=O)OC(Br)(Br)c1ccc(Br)c(Br)c1Br)OC(Br)(Br)c1ccc(Br)c(Br)c1Br. The Hall–Kier alpha value is 2.18. The molecule has 0 atom stereocenters. The Kier molecular flexibility index (Phi) is 13.3. The zero-order valence-electron chi connectivity index (χ0n) is 16.6. The molecule has 0 heterocycles. The first-order valence-corrected chi connectivity index (χ1v) is 17.1. The molecule has 0 N–H and O–H groups in total. The maximum absolute atomic E-state index is 12.4. The van der Waals surface area contributed by atoms with Gasteiger partial charge in [-0.15, -0.1) is 0 Å². The van der Waals surface area contributed by atoms with Crippen LogP contribution in [0.3, 0.4) is 0 Å². The summed E-state index contributed by atoms with van der Waals surface area (Å²) in [5.74, 6) is -0.848. The fraction of sp³-hybridized carbons (Fsp3) is 0.300. The Morgan fingerprint density at radius 1 is 0.588 bits per heavy atom. The van der Waals surface area contributed by atoms with Crippen molar-refractivity contribution >= 4 is 171 Å². The lowest BCUT2D eigenvalue weighted by molar-refractivity contribution is -0.148. The van der Waals surface area contributed by atoms with Crippen LogP contribution in [0.2, 0.25) is 0 Å². The number of benzene rings is 2. The minimum Gasteiger partial charge on any atom is -0.433 e. The maximum Gasteiger partial charge on any atom is 0.308 e. The van der Waals surface area contributed by atoms with Gasteiger partial charge >= 0.3 is 11.9 Å². The zero-order valence-corrected chi connectivity index (χ0v) is 32.4. The molecule has 0 amide bonds. The number of unbranched alkanes of at least 4 members (excludes halogenated alkanes) is 1. The number of ether oxygens (including phenoxy) is 2. The van der Waals surface area contributed by atoms with Gasteiger partial charge in [0.25, 0.3) is 0 Å². The highest BCUT2D eigenvalue weighted by Gasteiger charge is 2.34. The van der Waals surface area contributed by atoms with Crippen LogP contribution >= 0.6 is 159 Å². The van der Waals surface area contributed by atoms with E-state index in [0.717, 1.165) is 26.8 Å². The number of hydrogen-bond donors (Lipinski definition) is 0. The van der Waals surface area contributed by atoms with E-state index in [0.29, 0.717) is 24.0 Å². The minimum absolute atomic E-state index is 0.139. The fourth-order valence-corrected chi connectivity index (χ4v) is 8.78. The number of halogens is 10. The minimum atomic E-state index is -1.20. The first-order valence-electron chi connectivity index (χ1n) is 9.14.